The van der Waals surface area contributed by atoms with Crippen LogP contribution < -0.4 is 9.00 Å². The van der Waals surface area contributed by atoms with Gasteiger partial charge < -0.3 is 0 Å². The predicted molar refractivity (Wildman–Crippen MR) is 297 cm³/mol. The lowest BCUT2D eigenvalue weighted by Gasteiger charge is -2.42. The normalized spacial score (nSPS) is 11.8. The Labute approximate surface area is 388 Å². The number of hydrogen-bond donors (Lipinski definition) is 0. The summed E-state index contributed by atoms with van der Waals surface area (Å²) >= 11 is 25.8. The van der Waals surface area contributed by atoms with Crippen LogP contribution in [0.25, 0.3) is 40.3 Å². The molecule has 4 heterocycles. The molecule has 0 radical (unpaired) electrons. The topological polar surface area (TPSA) is 0 Å². The van der Waals surface area contributed by atoms with Gasteiger partial charge in [-0.05, 0) is 123 Å². The van der Waals surface area contributed by atoms with Crippen LogP contribution in [-0.2, 0) is 107 Å². The Morgan fingerprint density at radius 3 is 0.945 bits per heavy atom. The number of rotatable bonds is 8. The maximum atomic E-state index is 4.52. The van der Waals surface area contributed by atoms with Crippen LogP contribution >= 0.6 is 45.3 Å². The van der Waals surface area contributed by atoms with E-state index >= 15 is 0 Å². The second-order valence-electron chi connectivity index (χ2n) is 15.2. The molecule has 55 heavy (non-hydrogen) atoms. The SMILES string of the molecule is CC(C)[Si](c1cc2cc3sc([Si](C(C)C)(C(C)C)C(C)C)cc3cc2s1)(C(C)C)C(C)C.S=S=S=S=S.S=S=S=S=S=S.c1cc2cc3sccc3cc2s1. The first-order chi connectivity index (χ1) is 26.1. The third kappa shape index (κ3) is 11.9. The lowest BCUT2D eigenvalue weighted by molar-refractivity contribution is 0.837. The summed E-state index contributed by atoms with van der Waals surface area (Å²) in [5.74, 6) is 0. The first kappa shape index (κ1) is 50.5. The second-order valence-corrected chi connectivity index (χ2v) is 44.1. The third-order valence-corrected chi connectivity index (χ3v) is 41.8. The Kier molecular flexibility index (Phi) is 22.0. The molecule has 6 aromatic rings. The average molecular weight is 1050 g/mol. The van der Waals surface area contributed by atoms with Crippen molar-refractivity contribution < 1.29 is 0 Å². The van der Waals surface area contributed by atoms with Gasteiger partial charge in [-0.25, -0.2) is 0 Å². The van der Waals surface area contributed by atoms with Crippen LogP contribution in [0.15, 0.2) is 59.3 Å². The molecule has 2 aromatic carbocycles. The summed E-state index contributed by atoms with van der Waals surface area (Å²) in [5, 5.41) is 10.00. The summed E-state index contributed by atoms with van der Waals surface area (Å²) in [7, 11) is 6.38. The molecule has 0 amide bonds. The Morgan fingerprint density at radius 1 is 0.400 bits per heavy atom. The molecule has 0 bridgehead atoms. The highest BCUT2D eigenvalue weighted by molar-refractivity contribution is 8.64. The van der Waals surface area contributed by atoms with E-state index in [1.165, 1.54) is 103 Å². The van der Waals surface area contributed by atoms with E-state index in [1.54, 1.807) is 9.00 Å². The van der Waals surface area contributed by atoms with E-state index in [0.29, 0.717) is 0 Å². The number of benzene rings is 2. The van der Waals surface area contributed by atoms with Crippen LogP contribution in [0.5, 0.6) is 0 Å². The number of thiophene rings is 4. The van der Waals surface area contributed by atoms with E-state index in [0.717, 1.165) is 33.2 Å². The standard InChI is InChI=1S/C28H46S2Si2.C10H6S2.S6.S5/c1-17(2)31(18(3)4,19(5)6)27-15-23-13-26-24(14-25(23)29-27)16-28(30-26)32(20(7)8,21(9)10)22(11)12;1-3-11-9-6-8-2-4-12-10(8)5-7(1)9;1-3-5-6-4-2;1-3-5-4-2/h13-22H,1-12H3;1-6H;;. The van der Waals surface area contributed by atoms with E-state index in [2.05, 4.69) is 210 Å². The number of hydrogen-bond acceptors (Lipinski definition) is 8. The molecule has 0 atom stereocenters. The number of fused-ring (bicyclic) bond motifs is 4. The molecule has 0 aliphatic rings. The molecule has 4 aromatic heterocycles. The monoisotopic (exact) mass is 1040 g/mol. The molecule has 17 heteroatoms. The van der Waals surface area contributed by atoms with E-state index in [-0.39, 0.29) is 0 Å². The molecule has 0 fully saturated rings. The first-order valence-electron chi connectivity index (χ1n) is 18.1. The maximum Gasteiger partial charge on any atom is 0.107 e. The van der Waals surface area contributed by atoms with Gasteiger partial charge in [0.25, 0.3) is 0 Å². The van der Waals surface area contributed by atoms with Crippen molar-refractivity contribution >= 4 is 218 Å². The Morgan fingerprint density at radius 2 is 0.691 bits per heavy atom. The lowest BCUT2D eigenvalue weighted by atomic mass is 10.2. The maximum absolute atomic E-state index is 4.52. The van der Waals surface area contributed by atoms with Crippen LogP contribution in [-0.4, -0.2) is 16.1 Å². The Bertz CT molecular complexity index is 2170. The molecular formula is C38H52S15Si2. The fraction of sp³-hybridized carbons (Fsp3) is 0.474. The lowest BCUT2D eigenvalue weighted by Crippen LogP contribution is -2.54. The first-order valence-corrected chi connectivity index (χ1v) is 37.9. The Balaban J connectivity index is 0.000000283. The van der Waals surface area contributed by atoms with Crippen molar-refractivity contribution in [2.45, 2.75) is 116 Å². The minimum Gasteiger partial charge on any atom is -0.145 e. The van der Waals surface area contributed by atoms with Gasteiger partial charge in [0.1, 0.15) is 16.1 Å². The van der Waals surface area contributed by atoms with Crippen molar-refractivity contribution in [2.24, 2.45) is 0 Å². The summed E-state index contributed by atoms with van der Waals surface area (Å²) in [5.41, 5.74) is 4.57. The molecule has 0 N–H and O–H groups in total. The minimum absolute atomic E-state index is 0.762. The minimum atomic E-state index is -1.60. The zero-order valence-corrected chi connectivity index (χ0v) is 47.6. The van der Waals surface area contributed by atoms with Crippen LogP contribution in [0.4, 0.5) is 0 Å². The zero-order chi connectivity index (χ0) is 41.1. The molecule has 302 valence electrons. The summed E-state index contributed by atoms with van der Waals surface area (Å²) in [6, 6.07) is 19.2. The van der Waals surface area contributed by atoms with Gasteiger partial charge >= 0.3 is 0 Å². The van der Waals surface area contributed by atoms with E-state index in [9.17, 15) is 0 Å². The van der Waals surface area contributed by atoms with Gasteiger partial charge in [-0.15, -0.1) is 45.3 Å². The molecule has 0 saturated carbocycles. The van der Waals surface area contributed by atoms with E-state index in [4.69, 9.17) is 0 Å². The van der Waals surface area contributed by atoms with Gasteiger partial charge in [0.15, 0.2) is 0 Å². The van der Waals surface area contributed by atoms with Gasteiger partial charge in [-0.2, -0.15) is 0 Å². The third-order valence-electron chi connectivity index (χ3n) is 10.9. The van der Waals surface area contributed by atoms with Crippen molar-refractivity contribution in [1.82, 2.24) is 0 Å². The van der Waals surface area contributed by atoms with Crippen LogP contribution in [0.3, 0.4) is 0 Å². The van der Waals surface area contributed by atoms with Gasteiger partial charge in [-0.1, -0.05) is 83.1 Å². The molecule has 0 aliphatic carbocycles. The molecule has 0 spiro atoms. The fourth-order valence-electron chi connectivity index (χ4n) is 9.16. The fourth-order valence-corrected chi connectivity index (χ4v) is 39.3. The molecule has 0 nitrogen and oxygen atoms in total. The highest BCUT2D eigenvalue weighted by Gasteiger charge is 2.47. The van der Waals surface area contributed by atoms with Crippen molar-refractivity contribution in [1.29, 1.82) is 0 Å². The van der Waals surface area contributed by atoms with Crippen LogP contribution in [0, 0.1) is 0 Å². The van der Waals surface area contributed by atoms with Gasteiger partial charge in [0, 0.05) is 126 Å². The summed E-state index contributed by atoms with van der Waals surface area (Å²) in [4.78, 5) is 0. The van der Waals surface area contributed by atoms with Crippen LogP contribution in [0.2, 0.25) is 33.2 Å². The summed E-state index contributed by atoms with van der Waals surface area (Å²) < 4.78 is 9.23. The summed E-state index contributed by atoms with van der Waals surface area (Å²) in [6.45, 7) is 29.8. The van der Waals surface area contributed by atoms with E-state index in [1.807, 2.05) is 22.7 Å². The average Bonchev–Trinajstić information content (AvgIpc) is 3.92. The van der Waals surface area contributed by atoms with Crippen molar-refractivity contribution in [3.05, 3.63) is 59.3 Å². The molecule has 0 saturated heterocycles. The highest BCUT2D eigenvalue weighted by atomic mass is 33.3. The van der Waals surface area contributed by atoms with Gasteiger partial charge in [0.05, 0.1) is 0 Å². The van der Waals surface area contributed by atoms with Crippen molar-refractivity contribution in [3.63, 3.8) is 0 Å². The smallest absolute Gasteiger partial charge is 0.107 e. The second kappa shape index (κ2) is 24.0. The van der Waals surface area contributed by atoms with Crippen molar-refractivity contribution in [2.75, 3.05) is 0 Å². The quantitative estimate of drug-likeness (QED) is 0.139. The summed E-state index contributed by atoms with van der Waals surface area (Å²) in [6.07, 6.45) is 0. The predicted octanol–water partition coefficient (Wildman–Crippen LogP) is 14.0. The molecular weight excluding hydrogens is 994 g/mol. The van der Waals surface area contributed by atoms with Gasteiger partial charge in [-0.3, -0.25) is 0 Å². The molecule has 0 unspecified atom stereocenters. The van der Waals surface area contributed by atoms with Crippen LogP contribution in [0.1, 0.15) is 83.1 Å². The molecule has 6 rings (SSSR count). The highest BCUT2D eigenvalue weighted by Crippen LogP contribution is 2.46. The largest absolute Gasteiger partial charge is 0.145 e. The van der Waals surface area contributed by atoms with Crippen molar-refractivity contribution in [3.8, 4) is 0 Å². The van der Waals surface area contributed by atoms with Gasteiger partial charge in [0.2, 0.25) is 0 Å². The van der Waals surface area contributed by atoms with E-state index < -0.39 is 16.1 Å². The Hall–Kier alpha value is 1.13. The zero-order valence-electron chi connectivity index (χ0n) is 33.4. The molecule has 0 aliphatic heterocycles.